The minimum atomic E-state index is 0.861. The zero-order valence-corrected chi connectivity index (χ0v) is 12.0. The Hall–Kier alpha value is -1.57. The Morgan fingerprint density at radius 2 is 1.95 bits per heavy atom. The number of hydrogen-bond acceptors (Lipinski definition) is 1. The zero-order valence-electron chi connectivity index (χ0n) is 12.0. The number of H-pyrrole nitrogens is 1. The summed E-state index contributed by atoms with van der Waals surface area (Å²) >= 11 is 0. The van der Waals surface area contributed by atoms with Crippen molar-refractivity contribution in [3.8, 4) is 0 Å². The molecule has 1 fully saturated rings. The summed E-state index contributed by atoms with van der Waals surface area (Å²) in [5.74, 6) is 0.861. The average Bonchev–Trinajstić information content (AvgIpc) is 2.88. The Labute approximate surface area is 120 Å². The van der Waals surface area contributed by atoms with Gasteiger partial charge in [-0.3, -0.25) is 4.99 Å². The van der Waals surface area contributed by atoms with E-state index < -0.39 is 0 Å². The largest absolute Gasteiger partial charge is 0.353 e. The molecule has 0 amide bonds. The quantitative estimate of drug-likeness (QED) is 0.830. The summed E-state index contributed by atoms with van der Waals surface area (Å²) in [5.41, 5.74) is 5.45. The van der Waals surface area contributed by atoms with Gasteiger partial charge in [0.1, 0.15) is 0 Å². The van der Waals surface area contributed by atoms with Gasteiger partial charge in [-0.2, -0.15) is 0 Å². The van der Waals surface area contributed by atoms with E-state index in [2.05, 4.69) is 29.2 Å². The molecule has 2 aliphatic rings. The van der Waals surface area contributed by atoms with Crippen molar-refractivity contribution in [3.05, 3.63) is 35.5 Å². The molecule has 0 radical (unpaired) electrons. The van der Waals surface area contributed by atoms with Crippen molar-refractivity contribution >= 4 is 16.6 Å². The molecule has 1 aromatic heterocycles. The van der Waals surface area contributed by atoms with Crippen LogP contribution in [0.2, 0.25) is 0 Å². The van der Waals surface area contributed by atoms with Crippen LogP contribution in [0.25, 0.3) is 10.9 Å². The highest BCUT2D eigenvalue weighted by atomic mass is 14.8. The molecule has 1 saturated carbocycles. The molecule has 1 N–H and O–H groups in total. The number of hydrogen-bond donors (Lipinski definition) is 1. The molecular weight excluding hydrogens is 244 g/mol. The van der Waals surface area contributed by atoms with Crippen molar-refractivity contribution < 1.29 is 0 Å². The van der Waals surface area contributed by atoms with Gasteiger partial charge in [0.15, 0.2) is 0 Å². The van der Waals surface area contributed by atoms with E-state index in [0.717, 1.165) is 18.9 Å². The predicted molar refractivity (Wildman–Crippen MR) is 84.6 cm³/mol. The van der Waals surface area contributed by atoms with Crippen molar-refractivity contribution in [2.45, 2.75) is 44.9 Å². The molecule has 20 heavy (non-hydrogen) atoms. The maximum absolute atomic E-state index is 4.85. The number of para-hydroxylation sites is 1. The molecule has 1 aliphatic heterocycles. The predicted octanol–water partition coefficient (Wildman–Crippen LogP) is 4.48. The molecule has 2 aromatic rings. The molecule has 4 rings (SSSR count). The minimum absolute atomic E-state index is 0.861. The van der Waals surface area contributed by atoms with Crippen LogP contribution in [0.5, 0.6) is 0 Å². The molecule has 2 heteroatoms. The molecule has 0 spiro atoms. The summed E-state index contributed by atoms with van der Waals surface area (Å²) in [5, 5.41) is 1.40. The van der Waals surface area contributed by atoms with Crippen LogP contribution in [0, 0.1) is 5.92 Å². The molecule has 104 valence electrons. The van der Waals surface area contributed by atoms with Crippen LogP contribution in [0.3, 0.4) is 0 Å². The first-order valence-electron chi connectivity index (χ1n) is 8.05. The summed E-state index contributed by atoms with van der Waals surface area (Å²) in [6.07, 6.45) is 9.33. The number of fused-ring (bicyclic) bond motifs is 3. The van der Waals surface area contributed by atoms with Gasteiger partial charge in [-0.1, -0.05) is 50.3 Å². The van der Waals surface area contributed by atoms with Crippen molar-refractivity contribution in [3.63, 3.8) is 0 Å². The number of nitrogens with zero attached hydrogens (tertiary/aromatic N) is 1. The number of aromatic nitrogens is 1. The maximum Gasteiger partial charge on any atom is 0.0638 e. The molecular formula is C18H22N2. The second-order valence-corrected chi connectivity index (χ2v) is 6.31. The molecule has 0 saturated heterocycles. The van der Waals surface area contributed by atoms with Crippen LogP contribution in [0.4, 0.5) is 0 Å². The Morgan fingerprint density at radius 3 is 2.85 bits per heavy atom. The normalized spacial score (nSPS) is 19.9. The van der Waals surface area contributed by atoms with Crippen LogP contribution in [0.15, 0.2) is 29.3 Å². The van der Waals surface area contributed by atoms with Crippen molar-refractivity contribution in [2.75, 3.05) is 6.54 Å². The Kier molecular flexibility index (Phi) is 3.10. The van der Waals surface area contributed by atoms with Gasteiger partial charge in [0.05, 0.1) is 11.4 Å². The Bertz CT molecular complexity index is 644. The van der Waals surface area contributed by atoms with Crippen molar-refractivity contribution in [1.82, 2.24) is 4.98 Å². The minimum Gasteiger partial charge on any atom is -0.353 e. The monoisotopic (exact) mass is 266 g/mol. The van der Waals surface area contributed by atoms with Gasteiger partial charge in [0, 0.05) is 17.4 Å². The lowest BCUT2D eigenvalue weighted by atomic mass is 9.84. The van der Waals surface area contributed by atoms with Crippen molar-refractivity contribution in [1.29, 1.82) is 0 Å². The highest BCUT2D eigenvalue weighted by molar-refractivity contribution is 6.06. The van der Waals surface area contributed by atoms with Crippen LogP contribution < -0.4 is 0 Å². The third-order valence-corrected chi connectivity index (χ3v) is 4.97. The molecule has 0 unspecified atom stereocenters. The molecule has 2 heterocycles. The van der Waals surface area contributed by atoms with Crippen molar-refractivity contribution in [2.24, 2.45) is 10.9 Å². The van der Waals surface area contributed by atoms with E-state index in [1.54, 1.807) is 0 Å². The topological polar surface area (TPSA) is 28.1 Å². The van der Waals surface area contributed by atoms with Gasteiger partial charge in [0.25, 0.3) is 0 Å². The van der Waals surface area contributed by atoms with E-state index in [9.17, 15) is 0 Å². The van der Waals surface area contributed by atoms with Crippen LogP contribution >= 0.6 is 0 Å². The smallest absolute Gasteiger partial charge is 0.0638 e. The van der Waals surface area contributed by atoms with Gasteiger partial charge < -0.3 is 4.98 Å². The van der Waals surface area contributed by atoms with E-state index in [0.29, 0.717) is 0 Å². The summed E-state index contributed by atoms with van der Waals surface area (Å²) in [6.45, 7) is 0.969. The molecule has 0 atom stereocenters. The highest BCUT2D eigenvalue weighted by Gasteiger charge is 2.23. The Balaban J connectivity index is 1.67. The molecule has 0 bridgehead atoms. The molecule has 2 nitrogen and oxygen atoms in total. The SMILES string of the molecule is c1ccc2c3c([nH]c2c1)C(CC1CCCCC1)=NCC3. The third-order valence-electron chi connectivity index (χ3n) is 4.97. The van der Waals surface area contributed by atoms with Crippen LogP contribution in [-0.4, -0.2) is 17.2 Å². The second kappa shape index (κ2) is 5.08. The first-order valence-corrected chi connectivity index (χ1v) is 8.05. The standard InChI is InChI=1S/C18H22N2/c1-2-6-13(7-3-1)12-17-18-15(10-11-19-17)14-8-4-5-9-16(14)20-18/h4-5,8-9,13,20H,1-3,6-7,10-12H2. The third kappa shape index (κ3) is 2.07. The van der Waals surface area contributed by atoms with Gasteiger partial charge in [-0.15, -0.1) is 0 Å². The summed E-state index contributed by atoms with van der Waals surface area (Å²) < 4.78 is 0. The van der Waals surface area contributed by atoms with E-state index in [1.807, 2.05) is 0 Å². The first-order chi connectivity index (χ1) is 9.92. The van der Waals surface area contributed by atoms with Crippen LogP contribution in [-0.2, 0) is 6.42 Å². The fourth-order valence-corrected chi connectivity index (χ4v) is 3.92. The fraction of sp³-hybridized carbons (Fsp3) is 0.500. The van der Waals surface area contributed by atoms with E-state index in [1.165, 1.54) is 66.4 Å². The molecule has 1 aromatic carbocycles. The average molecular weight is 266 g/mol. The number of nitrogens with one attached hydrogen (secondary N) is 1. The van der Waals surface area contributed by atoms with E-state index in [4.69, 9.17) is 4.99 Å². The fourth-order valence-electron chi connectivity index (χ4n) is 3.92. The van der Waals surface area contributed by atoms with Gasteiger partial charge in [-0.05, 0) is 30.4 Å². The highest BCUT2D eigenvalue weighted by Crippen LogP contribution is 2.31. The van der Waals surface area contributed by atoms with Gasteiger partial charge >= 0.3 is 0 Å². The van der Waals surface area contributed by atoms with Gasteiger partial charge in [-0.25, -0.2) is 0 Å². The van der Waals surface area contributed by atoms with Gasteiger partial charge in [0.2, 0.25) is 0 Å². The zero-order chi connectivity index (χ0) is 13.4. The lowest BCUT2D eigenvalue weighted by molar-refractivity contribution is 0.368. The number of benzene rings is 1. The van der Waals surface area contributed by atoms with Crippen LogP contribution in [0.1, 0.15) is 49.8 Å². The van der Waals surface area contributed by atoms with E-state index in [-0.39, 0.29) is 0 Å². The first kappa shape index (κ1) is 12.2. The lowest BCUT2D eigenvalue weighted by Crippen LogP contribution is -2.18. The molecule has 1 aliphatic carbocycles. The summed E-state index contributed by atoms with van der Waals surface area (Å²) in [7, 11) is 0. The second-order valence-electron chi connectivity index (χ2n) is 6.31. The number of aliphatic imine (C=N–C) groups is 1. The lowest BCUT2D eigenvalue weighted by Gasteiger charge is -2.23. The summed E-state index contributed by atoms with van der Waals surface area (Å²) in [4.78, 5) is 8.47. The van der Waals surface area contributed by atoms with E-state index >= 15 is 0 Å². The number of aromatic amines is 1. The Morgan fingerprint density at radius 1 is 1.10 bits per heavy atom. The summed E-state index contributed by atoms with van der Waals surface area (Å²) in [6, 6.07) is 8.69. The number of rotatable bonds is 2. The maximum atomic E-state index is 4.85.